The van der Waals surface area contributed by atoms with Crippen LogP contribution in [0.15, 0.2) is 16.7 Å². The predicted molar refractivity (Wildman–Crippen MR) is 64.4 cm³/mol. The normalized spacial score (nSPS) is 26.0. The number of halogens is 2. The van der Waals surface area contributed by atoms with Crippen LogP contribution in [-0.4, -0.2) is 28.8 Å². The van der Waals surface area contributed by atoms with Gasteiger partial charge in [0.05, 0.1) is 15.1 Å². The van der Waals surface area contributed by atoms with Gasteiger partial charge in [0.1, 0.15) is 5.82 Å². The van der Waals surface area contributed by atoms with Crippen LogP contribution in [-0.2, 0) is 0 Å². The van der Waals surface area contributed by atoms with Crippen molar-refractivity contribution >= 4 is 33.3 Å². The largest absolute Gasteiger partial charge is 0.388 e. The van der Waals surface area contributed by atoms with Gasteiger partial charge in [0.25, 0.3) is 0 Å². The average molecular weight is 292 g/mol. The van der Waals surface area contributed by atoms with Gasteiger partial charge in [-0.3, -0.25) is 0 Å². The van der Waals surface area contributed by atoms with Crippen molar-refractivity contribution in [2.45, 2.75) is 18.9 Å². The molecule has 2 heterocycles. The molecule has 1 aromatic rings. The topological polar surface area (TPSA) is 36.4 Å². The molecule has 1 saturated heterocycles. The molecule has 1 fully saturated rings. The van der Waals surface area contributed by atoms with Crippen molar-refractivity contribution in [3.63, 3.8) is 0 Å². The summed E-state index contributed by atoms with van der Waals surface area (Å²) in [5.41, 5.74) is -0.610. The van der Waals surface area contributed by atoms with Crippen molar-refractivity contribution in [1.82, 2.24) is 4.98 Å². The van der Waals surface area contributed by atoms with Crippen LogP contribution < -0.4 is 4.90 Å². The van der Waals surface area contributed by atoms with Crippen LogP contribution in [0.5, 0.6) is 0 Å². The molecule has 0 saturated carbocycles. The van der Waals surface area contributed by atoms with Gasteiger partial charge >= 0.3 is 0 Å². The van der Waals surface area contributed by atoms with Gasteiger partial charge in [0, 0.05) is 19.3 Å². The predicted octanol–water partition coefficient (Wildman–Crippen LogP) is 2.46. The summed E-state index contributed by atoms with van der Waals surface area (Å²) in [7, 11) is 0. The quantitative estimate of drug-likeness (QED) is 0.863. The molecule has 1 atom stereocenters. The summed E-state index contributed by atoms with van der Waals surface area (Å²) in [5.74, 6) is 0.845. The Morgan fingerprint density at radius 3 is 2.93 bits per heavy atom. The second-order valence-corrected chi connectivity index (χ2v) is 5.42. The molecular formula is C10H12BrClN2O. The summed E-state index contributed by atoms with van der Waals surface area (Å²) in [6.45, 7) is 3.28. The molecular weight excluding hydrogens is 279 g/mol. The van der Waals surface area contributed by atoms with E-state index in [1.54, 1.807) is 6.20 Å². The fourth-order valence-corrected chi connectivity index (χ4v) is 2.66. The second-order valence-electron chi connectivity index (χ2n) is 4.13. The molecule has 0 amide bonds. The molecule has 3 nitrogen and oxygen atoms in total. The molecule has 0 aliphatic carbocycles. The number of aromatic nitrogens is 1. The Labute approximate surface area is 102 Å². The number of hydrogen-bond donors (Lipinski definition) is 1. The maximum absolute atomic E-state index is 9.86. The maximum Gasteiger partial charge on any atom is 0.143 e. The zero-order valence-electron chi connectivity index (χ0n) is 8.37. The molecule has 1 unspecified atom stereocenters. The molecule has 82 valence electrons. The van der Waals surface area contributed by atoms with Crippen LogP contribution in [0.2, 0.25) is 5.02 Å². The molecule has 1 N–H and O–H groups in total. The van der Waals surface area contributed by atoms with Crippen LogP contribution in [0, 0.1) is 0 Å². The van der Waals surface area contributed by atoms with Gasteiger partial charge in [0.2, 0.25) is 0 Å². The first-order chi connectivity index (χ1) is 6.98. The monoisotopic (exact) mass is 290 g/mol. The Bertz CT molecular complexity index is 384. The van der Waals surface area contributed by atoms with E-state index in [0.717, 1.165) is 23.3 Å². The molecule has 1 aromatic heterocycles. The van der Waals surface area contributed by atoms with Crippen molar-refractivity contribution in [3.8, 4) is 0 Å². The van der Waals surface area contributed by atoms with Gasteiger partial charge in [0.15, 0.2) is 0 Å². The lowest BCUT2D eigenvalue weighted by atomic mass is 10.1. The number of pyridine rings is 1. The van der Waals surface area contributed by atoms with Crippen molar-refractivity contribution in [3.05, 3.63) is 21.8 Å². The number of aliphatic hydroxyl groups is 1. The van der Waals surface area contributed by atoms with E-state index in [0.29, 0.717) is 11.6 Å². The van der Waals surface area contributed by atoms with E-state index in [9.17, 15) is 5.11 Å². The first kappa shape index (κ1) is 11.2. The molecule has 1 aliphatic heterocycles. The summed E-state index contributed by atoms with van der Waals surface area (Å²) in [4.78, 5) is 6.32. The Kier molecular flexibility index (Phi) is 2.92. The third-order valence-corrected chi connectivity index (χ3v) is 3.33. The lowest BCUT2D eigenvalue weighted by Crippen LogP contribution is -2.30. The smallest absolute Gasteiger partial charge is 0.143 e. The fraction of sp³-hybridized carbons (Fsp3) is 0.500. The third-order valence-electron chi connectivity index (χ3n) is 2.54. The van der Waals surface area contributed by atoms with Crippen molar-refractivity contribution < 1.29 is 5.11 Å². The highest BCUT2D eigenvalue weighted by Gasteiger charge is 2.32. The van der Waals surface area contributed by atoms with Crippen LogP contribution in [0.1, 0.15) is 13.3 Å². The van der Waals surface area contributed by atoms with Gasteiger partial charge in [-0.15, -0.1) is 0 Å². The van der Waals surface area contributed by atoms with Gasteiger partial charge in [-0.25, -0.2) is 4.98 Å². The molecule has 5 heteroatoms. The minimum absolute atomic E-state index is 0.608. The van der Waals surface area contributed by atoms with Crippen LogP contribution >= 0.6 is 27.5 Å². The van der Waals surface area contributed by atoms with E-state index in [4.69, 9.17) is 11.6 Å². The fourth-order valence-electron chi connectivity index (χ4n) is 1.77. The van der Waals surface area contributed by atoms with Crippen molar-refractivity contribution in [1.29, 1.82) is 0 Å². The second kappa shape index (κ2) is 3.92. The van der Waals surface area contributed by atoms with Crippen LogP contribution in [0.3, 0.4) is 0 Å². The van der Waals surface area contributed by atoms with E-state index in [1.165, 1.54) is 0 Å². The minimum atomic E-state index is -0.610. The number of rotatable bonds is 1. The number of nitrogens with zero attached hydrogens (tertiary/aromatic N) is 2. The van der Waals surface area contributed by atoms with Crippen molar-refractivity contribution in [2.24, 2.45) is 0 Å². The molecule has 1 aliphatic rings. The van der Waals surface area contributed by atoms with Gasteiger partial charge < -0.3 is 10.0 Å². The molecule has 15 heavy (non-hydrogen) atoms. The number of hydrogen-bond acceptors (Lipinski definition) is 3. The highest BCUT2D eigenvalue weighted by atomic mass is 79.9. The number of β-amino-alcohol motifs (C(OH)–C–C–N with tert-alkyl or cyclic N) is 1. The zero-order valence-corrected chi connectivity index (χ0v) is 10.7. The average Bonchev–Trinajstić information content (AvgIpc) is 2.46. The maximum atomic E-state index is 9.86. The first-order valence-electron chi connectivity index (χ1n) is 4.76. The van der Waals surface area contributed by atoms with Gasteiger partial charge in [-0.05, 0) is 35.3 Å². The number of anilines is 1. The molecule has 0 bridgehead atoms. The van der Waals surface area contributed by atoms with E-state index in [-0.39, 0.29) is 0 Å². The minimum Gasteiger partial charge on any atom is -0.388 e. The zero-order chi connectivity index (χ0) is 11.1. The lowest BCUT2D eigenvalue weighted by Gasteiger charge is -2.20. The highest BCUT2D eigenvalue weighted by Crippen LogP contribution is 2.31. The summed E-state index contributed by atoms with van der Waals surface area (Å²) in [6.07, 6.45) is 2.39. The molecule has 0 aromatic carbocycles. The van der Waals surface area contributed by atoms with E-state index < -0.39 is 5.60 Å². The summed E-state index contributed by atoms with van der Waals surface area (Å²) in [6, 6.07) is 1.82. The first-order valence-corrected chi connectivity index (χ1v) is 5.93. The van der Waals surface area contributed by atoms with Crippen molar-refractivity contribution in [2.75, 3.05) is 18.0 Å². The van der Waals surface area contributed by atoms with E-state index in [1.807, 2.05) is 13.0 Å². The highest BCUT2D eigenvalue weighted by molar-refractivity contribution is 9.10. The van der Waals surface area contributed by atoms with Gasteiger partial charge in [-0.2, -0.15) is 0 Å². The van der Waals surface area contributed by atoms with Crippen LogP contribution in [0.4, 0.5) is 5.82 Å². The summed E-state index contributed by atoms with van der Waals surface area (Å²) in [5, 5.41) is 10.5. The standard InChI is InChI=1S/C10H12BrClN2O/c1-10(15)2-3-14(6-10)9-8(11)4-7(12)5-13-9/h4-5,15H,2-3,6H2,1H3. The Morgan fingerprint density at radius 1 is 1.67 bits per heavy atom. The third kappa shape index (κ3) is 2.44. The lowest BCUT2D eigenvalue weighted by molar-refractivity contribution is 0.0839. The van der Waals surface area contributed by atoms with E-state index >= 15 is 0 Å². The SMILES string of the molecule is CC1(O)CCN(c2ncc(Cl)cc2Br)C1. The Morgan fingerprint density at radius 2 is 2.40 bits per heavy atom. The van der Waals surface area contributed by atoms with Gasteiger partial charge in [-0.1, -0.05) is 11.6 Å². The molecule has 0 radical (unpaired) electrons. The Balaban J connectivity index is 2.24. The molecule has 2 rings (SSSR count). The van der Waals surface area contributed by atoms with Crippen LogP contribution in [0.25, 0.3) is 0 Å². The molecule has 0 spiro atoms. The van der Waals surface area contributed by atoms with E-state index in [2.05, 4.69) is 25.8 Å². The summed E-state index contributed by atoms with van der Waals surface area (Å²) >= 11 is 9.24. The summed E-state index contributed by atoms with van der Waals surface area (Å²) < 4.78 is 0.868. The Hall–Kier alpha value is -0.320.